The van der Waals surface area contributed by atoms with Crippen molar-refractivity contribution in [2.24, 2.45) is 0 Å². The van der Waals surface area contributed by atoms with Crippen LogP contribution >= 0.6 is 11.3 Å². The summed E-state index contributed by atoms with van der Waals surface area (Å²) in [5.74, 6) is -0.461. The van der Waals surface area contributed by atoms with Crippen LogP contribution in [0.2, 0.25) is 0 Å². The number of methoxy groups -OCH3 is 1. The lowest BCUT2D eigenvalue weighted by Crippen LogP contribution is -1.89. The summed E-state index contributed by atoms with van der Waals surface area (Å²) in [4.78, 5) is 4.28. The largest absolute Gasteiger partial charge is 0.497 e. The van der Waals surface area contributed by atoms with Crippen LogP contribution in [0.4, 0.5) is 8.78 Å². The topological polar surface area (TPSA) is 22.1 Å². The molecule has 0 N–H and O–H groups in total. The molecule has 2 aromatic carbocycles. The number of ether oxygens (including phenoxy) is 1. The van der Waals surface area contributed by atoms with Crippen LogP contribution < -0.4 is 4.74 Å². The molecule has 0 spiro atoms. The van der Waals surface area contributed by atoms with Crippen LogP contribution in [0.3, 0.4) is 0 Å². The van der Waals surface area contributed by atoms with Gasteiger partial charge in [0.1, 0.15) is 22.4 Å². The summed E-state index contributed by atoms with van der Waals surface area (Å²) in [6.07, 6.45) is 3.69. The maximum atomic E-state index is 13.8. The Kier molecular flexibility index (Phi) is 4.48. The second-order valence-electron chi connectivity index (χ2n) is 4.78. The van der Waals surface area contributed by atoms with E-state index >= 15 is 0 Å². The fraction of sp³-hybridized carbons (Fsp3) is 0.0556. The van der Waals surface area contributed by atoms with Crippen molar-refractivity contribution in [2.45, 2.75) is 0 Å². The van der Waals surface area contributed by atoms with Crippen molar-refractivity contribution in [1.82, 2.24) is 4.98 Å². The van der Waals surface area contributed by atoms with Crippen molar-refractivity contribution >= 4 is 23.5 Å². The molecule has 0 amide bonds. The SMILES string of the molecule is COc1cccc(C=Cc2nc(-c3c(F)cccc3F)cs2)c1. The van der Waals surface area contributed by atoms with E-state index in [2.05, 4.69) is 4.98 Å². The molecule has 0 radical (unpaired) electrons. The van der Waals surface area contributed by atoms with Crippen LogP contribution in [0.5, 0.6) is 5.75 Å². The highest BCUT2D eigenvalue weighted by Crippen LogP contribution is 2.28. The normalized spacial score (nSPS) is 11.1. The zero-order valence-electron chi connectivity index (χ0n) is 12.3. The van der Waals surface area contributed by atoms with Crippen LogP contribution in [0, 0.1) is 11.6 Å². The number of aromatic nitrogens is 1. The Morgan fingerprint density at radius 2 is 1.78 bits per heavy atom. The van der Waals surface area contributed by atoms with Gasteiger partial charge in [0, 0.05) is 5.38 Å². The molecule has 0 unspecified atom stereocenters. The lowest BCUT2D eigenvalue weighted by Gasteiger charge is -2.00. The average molecular weight is 329 g/mol. The number of rotatable bonds is 4. The highest BCUT2D eigenvalue weighted by molar-refractivity contribution is 7.10. The third-order valence-electron chi connectivity index (χ3n) is 3.25. The summed E-state index contributed by atoms with van der Waals surface area (Å²) in [7, 11) is 1.61. The molecule has 0 saturated heterocycles. The molecule has 23 heavy (non-hydrogen) atoms. The molecule has 0 aliphatic rings. The van der Waals surface area contributed by atoms with E-state index in [0.29, 0.717) is 10.7 Å². The minimum atomic E-state index is -0.612. The molecule has 0 bridgehead atoms. The van der Waals surface area contributed by atoms with Gasteiger partial charge in [-0.3, -0.25) is 0 Å². The Hall–Kier alpha value is -2.53. The van der Waals surface area contributed by atoms with Gasteiger partial charge in [0.2, 0.25) is 0 Å². The zero-order valence-corrected chi connectivity index (χ0v) is 13.1. The standard InChI is InChI=1S/C18H13F2NOS/c1-22-13-5-2-4-12(10-13)8-9-17-21-16(11-23-17)18-14(19)6-3-7-15(18)20/h2-11H,1H3. The molecular formula is C18H13F2NOS. The number of nitrogens with zero attached hydrogens (tertiary/aromatic N) is 1. The number of thiazole rings is 1. The van der Waals surface area contributed by atoms with Gasteiger partial charge in [-0.2, -0.15) is 0 Å². The van der Waals surface area contributed by atoms with Crippen molar-refractivity contribution in [1.29, 1.82) is 0 Å². The zero-order chi connectivity index (χ0) is 16.2. The lowest BCUT2D eigenvalue weighted by atomic mass is 10.1. The Balaban J connectivity index is 1.86. The van der Waals surface area contributed by atoms with E-state index in [1.807, 2.05) is 36.4 Å². The van der Waals surface area contributed by atoms with Gasteiger partial charge in [0.05, 0.1) is 18.4 Å². The van der Waals surface area contributed by atoms with E-state index in [1.54, 1.807) is 12.5 Å². The Morgan fingerprint density at radius 3 is 2.52 bits per heavy atom. The maximum Gasteiger partial charge on any atom is 0.135 e. The summed E-state index contributed by atoms with van der Waals surface area (Å²) < 4.78 is 32.7. The molecule has 0 saturated carbocycles. The molecule has 0 aliphatic carbocycles. The van der Waals surface area contributed by atoms with Gasteiger partial charge in [-0.05, 0) is 35.9 Å². The van der Waals surface area contributed by atoms with E-state index < -0.39 is 11.6 Å². The average Bonchev–Trinajstić information content (AvgIpc) is 3.01. The quantitative estimate of drug-likeness (QED) is 0.651. The van der Waals surface area contributed by atoms with Gasteiger partial charge in [-0.25, -0.2) is 13.8 Å². The molecule has 0 fully saturated rings. The molecule has 2 nitrogen and oxygen atoms in total. The van der Waals surface area contributed by atoms with Gasteiger partial charge < -0.3 is 4.74 Å². The number of hydrogen-bond acceptors (Lipinski definition) is 3. The van der Waals surface area contributed by atoms with Crippen LogP contribution in [0.15, 0.2) is 47.8 Å². The molecule has 0 atom stereocenters. The lowest BCUT2D eigenvalue weighted by molar-refractivity contribution is 0.414. The van der Waals surface area contributed by atoms with Crippen LogP contribution in [0.25, 0.3) is 23.4 Å². The summed E-state index contributed by atoms with van der Waals surface area (Å²) >= 11 is 1.33. The molecule has 116 valence electrons. The molecule has 0 aliphatic heterocycles. The Bertz CT molecular complexity index is 837. The second kappa shape index (κ2) is 6.71. The number of hydrogen-bond donors (Lipinski definition) is 0. The van der Waals surface area contributed by atoms with E-state index in [-0.39, 0.29) is 5.56 Å². The predicted octanol–water partition coefficient (Wildman–Crippen LogP) is 5.27. The monoisotopic (exact) mass is 329 g/mol. The van der Waals surface area contributed by atoms with E-state index in [9.17, 15) is 8.78 Å². The first-order chi connectivity index (χ1) is 11.2. The summed E-state index contributed by atoms with van der Waals surface area (Å²) in [5.41, 5.74) is 1.17. The first-order valence-corrected chi connectivity index (χ1v) is 7.77. The maximum absolute atomic E-state index is 13.8. The van der Waals surface area contributed by atoms with Crippen molar-refractivity contribution in [3.05, 3.63) is 70.1 Å². The molecular weight excluding hydrogens is 316 g/mol. The fourth-order valence-electron chi connectivity index (χ4n) is 2.13. The number of benzene rings is 2. The van der Waals surface area contributed by atoms with E-state index in [4.69, 9.17) is 4.74 Å². The molecule has 1 aromatic heterocycles. The van der Waals surface area contributed by atoms with E-state index in [1.165, 1.54) is 29.5 Å². The Morgan fingerprint density at radius 1 is 1.04 bits per heavy atom. The first kappa shape index (κ1) is 15.4. The van der Waals surface area contributed by atoms with Gasteiger partial charge in [0.15, 0.2) is 0 Å². The van der Waals surface area contributed by atoms with Gasteiger partial charge in [-0.15, -0.1) is 11.3 Å². The second-order valence-corrected chi connectivity index (χ2v) is 5.67. The number of halogens is 2. The highest BCUT2D eigenvalue weighted by Gasteiger charge is 2.13. The van der Waals surface area contributed by atoms with Crippen LogP contribution in [-0.4, -0.2) is 12.1 Å². The minimum Gasteiger partial charge on any atom is -0.497 e. The van der Waals surface area contributed by atoms with E-state index in [0.717, 1.165) is 11.3 Å². The fourth-order valence-corrected chi connectivity index (χ4v) is 2.83. The third kappa shape index (κ3) is 3.46. The molecule has 3 aromatic rings. The molecule has 3 rings (SSSR count). The van der Waals surface area contributed by atoms with Gasteiger partial charge in [-0.1, -0.05) is 24.3 Å². The van der Waals surface area contributed by atoms with Crippen molar-refractivity contribution < 1.29 is 13.5 Å². The van der Waals surface area contributed by atoms with Crippen molar-refractivity contribution in [3.63, 3.8) is 0 Å². The molecule has 5 heteroatoms. The van der Waals surface area contributed by atoms with Crippen molar-refractivity contribution in [2.75, 3.05) is 7.11 Å². The third-order valence-corrected chi connectivity index (χ3v) is 4.06. The van der Waals surface area contributed by atoms with Crippen LogP contribution in [0.1, 0.15) is 10.6 Å². The summed E-state index contributed by atoms with van der Waals surface area (Å²) in [5, 5.41) is 2.32. The van der Waals surface area contributed by atoms with Crippen LogP contribution in [-0.2, 0) is 0 Å². The minimum absolute atomic E-state index is 0.0928. The Labute approximate surface area is 136 Å². The van der Waals surface area contributed by atoms with Gasteiger partial charge in [0.25, 0.3) is 0 Å². The summed E-state index contributed by atoms with van der Waals surface area (Å²) in [6, 6.07) is 11.4. The highest BCUT2D eigenvalue weighted by atomic mass is 32.1. The van der Waals surface area contributed by atoms with Crippen molar-refractivity contribution in [3.8, 4) is 17.0 Å². The first-order valence-electron chi connectivity index (χ1n) is 6.89. The van der Waals surface area contributed by atoms with Gasteiger partial charge >= 0.3 is 0 Å². The predicted molar refractivity (Wildman–Crippen MR) is 89.4 cm³/mol. The molecule has 1 heterocycles. The summed E-state index contributed by atoms with van der Waals surface area (Å²) in [6.45, 7) is 0. The smallest absolute Gasteiger partial charge is 0.135 e.